The summed E-state index contributed by atoms with van der Waals surface area (Å²) in [6.45, 7) is 4.72. The molecule has 6 heteroatoms. The van der Waals surface area contributed by atoms with Crippen LogP contribution in [0.2, 0.25) is 0 Å². The summed E-state index contributed by atoms with van der Waals surface area (Å²) in [5.74, 6) is 0.406. The highest BCUT2D eigenvalue weighted by Crippen LogP contribution is 2.28. The summed E-state index contributed by atoms with van der Waals surface area (Å²) < 4.78 is 32.4. The molecule has 0 aliphatic carbocycles. The normalized spacial score (nSPS) is 11.9. The molecule has 0 aliphatic heterocycles. The van der Waals surface area contributed by atoms with Gasteiger partial charge in [0.1, 0.15) is 10.6 Å². The highest BCUT2D eigenvalue weighted by atomic mass is 32.2. The number of methoxy groups -OCH3 is 1. The Balaban J connectivity index is 3.07. The van der Waals surface area contributed by atoms with E-state index in [0.717, 1.165) is 11.1 Å². The minimum Gasteiger partial charge on any atom is -0.495 e. The number of ether oxygens (including phenoxy) is 1. The molecular weight excluding hydrogens is 264 g/mol. The van der Waals surface area contributed by atoms with Crippen molar-refractivity contribution in [3.63, 3.8) is 0 Å². The molecule has 1 aromatic rings. The predicted molar refractivity (Wildman–Crippen MR) is 76.2 cm³/mol. The van der Waals surface area contributed by atoms with Crippen molar-refractivity contribution in [2.45, 2.75) is 18.7 Å². The summed E-state index contributed by atoms with van der Waals surface area (Å²) in [7, 11) is 1.73. The van der Waals surface area contributed by atoms with Crippen LogP contribution < -0.4 is 9.46 Å². The minimum atomic E-state index is -3.55. The molecule has 1 rings (SSSR count). The van der Waals surface area contributed by atoms with E-state index in [-0.39, 0.29) is 4.90 Å². The van der Waals surface area contributed by atoms with Crippen molar-refractivity contribution in [2.75, 3.05) is 34.3 Å². The van der Waals surface area contributed by atoms with Crippen LogP contribution in [0.15, 0.2) is 17.0 Å². The van der Waals surface area contributed by atoms with Crippen LogP contribution in [0.1, 0.15) is 11.1 Å². The largest absolute Gasteiger partial charge is 0.495 e. The molecule has 0 unspecified atom stereocenters. The lowest BCUT2D eigenvalue weighted by atomic mass is 10.1. The molecular formula is C13H22N2O3S. The van der Waals surface area contributed by atoms with Crippen molar-refractivity contribution >= 4 is 10.0 Å². The molecule has 0 saturated heterocycles. The maximum absolute atomic E-state index is 12.3. The number of benzene rings is 1. The molecule has 0 aliphatic rings. The van der Waals surface area contributed by atoms with Gasteiger partial charge in [-0.2, -0.15) is 0 Å². The van der Waals surface area contributed by atoms with Gasteiger partial charge >= 0.3 is 0 Å². The molecule has 0 aromatic heterocycles. The Morgan fingerprint density at radius 1 is 1.26 bits per heavy atom. The van der Waals surface area contributed by atoms with Gasteiger partial charge in [-0.05, 0) is 45.1 Å². The second-order valence-corrected chi connectivity index (χ2v) is 6.55. The fourth-order valence-corrected chi connectivity index (χ4v) is 3.20. The van der Waals surface area contributed by atoms with E-state index in [9.17, 15) is 8.42 Å². The van der Waals surface area contributed by atoms with E-state index in [0.29, 0.717) is 18.8 Å². The number of aryl methyl sites for hydroxylation is 2. The van der Waals surface area contributed by atoms with Gasteiger partial charge in [0.05, 0.1) is 7.11 Å². The van der Waals surface area contributed by atoms with Gasteiger partial charge in [0, 0.05) is 13.1 Å². The van der Waals surface area contributed by atoms with Gasteiger partial charge in [-0.25, -0.2) is 13.1 Å². The predicted octanol–water partition coefficient (Wildman–Crippen LogP) is 1.15. The monoisotopic (exact) mass is 286 g/mol. The van der Waals surface area contributed by atoms with Gasteiger partial charge in [-0.15, -0.1) is 0 Å². The van der Waals surface area contributed by atoms with Gasteiger partial charge in [0.25, 0.3) is 0 Å². The van der Waals surface area contributed by atoms with Gasteiger partial charge in [-0.3, -0.25) is 0 Å². The third kappa shape index (κ3) is 4.19. The lowest BCUT2D eigenvalue weighted by Crippen LogP contribution is -2.31. The van der Waals surface area contributed by atoms with E-state index >= 15 is 0 Å². The Bertz CT molecular complexity index is 539. The first-order valence-corrected chi connectivity index (χ1v) is 7.56. The first-order chi connectivity index (χ1) is 8.77. The zero-order valence-electron chi connectivity index (χ0n) is 12.1. The van der Waals surface area contributed by atoms with Crippen molar-refractivity contribution in [3.05, 3.63) is 23.3 Å². The highest BCUT2D eigenvalue weighted by Gasteiger charge is 2.21. The number of nitrogens with zero attached hydrogens (tertiary/aromatic N) is 1. The number of likely N-dealkylation sites (N-methyl/N-ethyl adjacent to an activating group) is 1. The average Bonchev–Trinajstić information content (AvgIpc) is 2.27. The van der Waals surface area contributed by atoms with E-state index < -0.39 is 10.0 Å². The lowest BCUT2D eigenvalue weighted by molar-refractivity contribution is 0.397. The summed E-state index contributed by atoms with van der Waals surface area (Å²) in [5, 5.41) is 0. The summed E-state index contributed by atoms with van der Waals surface area (Å²) in [4.78, 5) is 2.12. The smallest absolute Gasteiger partial charge is 0.244 e. The number of hydrogen-bond acceptors (Lipinski definition) is 4. The Hall–Kier alpha value is -1.11. The van der Waals surface area contributed by atoms with E-state index in [1.54, 1.807) is 6.07 Å². The molecule has 0 atom stereocenters. The Kier molecular flexibility index (Phi) is 5.34. The van der Waals surface area contributed by atoms with E-state index in [4.69, 9.17) is 4.74 Å². The highest BCUT2D eigenvalue weighted by molar-refractivity contribution is 7.89. The molecule has 108 valence electrons. The second-order valence-electron chi connectivity index (χ2n) is 4.81. The van der Waals surface area contributed by atoms with Crippen molar-refractivity contribution in [1.29, 1.82) is 0 Å². The number of sulfonamides is 1. The molecule has 0 fully saturated rings. The van der Waals surface area contributed by atoms with Gasteiger partial charge in [-0.1, -0.05) is 6.07 Å². The molecule has 1 aromatic carbocycles. The topological polar surface area (TPSA) is 58.6 Å². The quantitative estimate of drug-likeness (QED) is 0.852. The zero-order chi connectivity index (χ0) is 14.6. The van der Waals surface area contributed by atoms with Crippen LogP contribution in [0.25, 0.3) is 0 Å². The SMILES string of the molecule is COc1c(C)cc(C)cc1S(=O)(=O)NCCN(C)C. The minimum absolute atomic E-state index is 0.200. The number of rotatable bonds is 6. The average molecular weight is 286 g/mol. The maximum atomic E-state index is 12.3. The molecule has 0 amide bonds. The van der Waals surface area contributed by atoms with Gasteiger partial charge in [0.15, 0.2) is 0 Å². The van der Waals surface area contributed by atoms with Crippen molar-refractivity contribution in [2.24, 2.45) is 0 Å². The van der Waals surface area contributed by atoms with Crippen molar-refractivity contribution in [1.82, 2.24) is 9.62 Å². The van der Waals surface area contributed by atoms with E-state index in [1.165, 1.54) is 7.11 Å². The maximum Gasteiger partial charge on any atom is 0.244 e. The van der Waals surface area contributed by atoms with Crippen molar-refractivity contribution < 1.29 is 13.2 Å². The van der Waals surface area contributed by atoms with Crippen LogP contribution >= 0.6 is 0 Å². The van der Waals surface area contributed by atoms with E-state index in [1.807, 2.05) is 38.9 Å². The summed E-state index contributed by atoms with van der Waals surface area (Å²) >= 11 is 0. The summed E-state index contributed by atoms with van der Waals surface area (Å²) in [6, 6.07) is 3.53. The summed E-state index contributed by atoms with van der Waals surface area (Å²) in [5.41, 5.74) is 1.71. The molecule has 0 saturated carbocycles. The van der Waals surface area contributed by atoms with Crippen LogP contribution in [-0.4, -0.2) is 47.6 Å². The Morgan fingerprint density at radius 3 is 2.42 bits per heavy atom. The molecule has 5 nitrogen and oxygen atoms in total. The number of hydrogen-bond donors (Lipinski definition) is 1. The van der Waals surface area contributed by atoms with Crippen LogP contribution in [0.3, 0.4) is 0 Å². The molecule has 0 bridgehead atoms. The first-order valence-electron chi connectivity index (χ1n) is 6.07. The van der Waals surface area contributed by atoms with Crippen LogP contribution in [0, 0.1) is 13.8 Å². The molecule has 0 radical (unpaired) electrons. The lowest BCUT2D eigenvalue weighted by Gasteiger charge is -2.15. The molecule has 0 spiro atoms. The second kappa shape index (κ2) is 6.36. The Morgan fingerprint density at radius 2 is 1.89 bits per heavy atom. The van der Waals surface area contributed by atoms with Crippen LogP contribution in [0.5, 0.6) is 5.75 Å². The zero-order valence-corrected chi connectivity index (χ0v) is 13.0. The van der Waals surface area contributed by atoms with Gasteiger partial charge < -0.3 is 9.64 Å². The summed E-state index contributed by atoms with van der Waals surface area (Å²) in [6.07, 6.45) is 0. The first kappa shape index (κ1) is 15.9. The molecule has 1 N–H and O–H groups in total. The van der Waals surface area contributed by atoms with Crippen LogP contribution in [-0.2, 0) is 10.0 Å². The standard InChI is InChI=1S/C13H22N2O3S/c1-10-8-11(2)13(18-5)12(9-10)19(16,17)14-6-7-15(3)4/h8-9,14H,6-7H2,1-5H3. The van der Waals surface area contributed by atoms with Crippen molar-refractivity contribution in [3.8, 4) is 5.75 Å². The Labute approximate surface area is 115 Å². The number of nitrogens with one attached hydrogen (secondary N) is 1. The third-order valence-corrected chi connectivity index (χ3v) is 4.20. The molecule has 19 heavy (non-hydrogen) atoms. The third-order valence-electron chi connectivity index (χ3n) is 2.73. The van der Waals surface area contributed by atoms with Crippen LogP contribution in [0.4, 0.5) is 0 Å². The fourth-order valence-electron chi connectivity index (χ4n) is 1.86. The molecule has 0 heterocycles. The fraction of sp³-hybridized carbons (Fsp3) is 0.538. The van der Waals surface area contributed by atoms with Gasteiger partial charge in [0.2, 0.25) is 10.0 Å². The van der Waals surface area contributed by atoms with E-state index in [2.05, 4.69) is 4.72 Å².